The number of hydrogen-bond acceptors (Lipinski definition) is 3. The molecule has 0 saturated heterocycles. The van der Waals surface area contributed by atoms with Crippen molar-refractivity contribution in [3.63, 3.8) is 0 Å². The zero-order chi connectivity index (χ0) is 29.4. The lowest BCUT2D eigenvalue weighted by Gasteiger charge is -2.28. The molecule has 1 aliphatic heterocycles. The third kappa shape index (κ3) is 3.73. The van der Waals surface area contributed by atoms with E-state index in [0.717, 1.165) is 11.3 Å². The number of allylic oxidation sites excluding steroid dienone is 2. The van der Waals surface area contributed by atoms with Crippen molar-refractivity contribution in [2.75, 3.05) is 4.90 Å². The van der Waals surface area contributed by atoms with Crippen LogP contribution in [-0.4, -0.2) is 6.04 Å². The Morgan fingerprint density at radius 3 is 2.11 bits per heavy atom. The highest BCUT2D eigenvalue weighted by Crippen LogP contribution is 2.48. The smallest absolute Gasteiger partial charge is 0.0629 e. The molecule has 0 radical (unpaired) electrons. The molecule has 9 rings (SSSR count). The number of anilines is 2. The fourth-order valence-electron chi connectivity index (χ4n) is 7.47. The molecule has 1 aliphatic carbocycles. The average Bonchev–Trinajstić information content (AvgIpc) is 3.58. The Morgan fingerprint density at radius 1 is 0.682 bits per heavy atom. The lowest BCUT2D eigenvalue weighted by molar-refractivity contribution is 0.745. The first-order chi connectivity index (χ1) is 21.7. The van der Waals surface area contributed by atoms with E-state index in [4.69, 9.17) is 5.73 Å². The van der Waals surface area contributed by atoms with Crippen LogP contribution >= 0.6 is 11.3 Å². The van der Waals surface area contributed by atoms with Crippen LogP contribution in [0.5, 0.6) is 0 Å². The summed E-state index contributed by atoms with van der Waals surface area (Å²) in [5, 5.41) is 8.84. The van der Waals surface area contributed by atoms with Crippen molar-refractivity contribution in [1.82, 2.24) is 0 Å². The normalized spacial score (nSPS) is 17.7. The molecule has 1 aromatic heterocycles. The number of rotatable bonds is 3. The third-order valence-corrected chi connectivity index (χ3v) is 10.6. The maximum atomic E-state index is 6.94. The van der Waals surface area contributed by atoms with E-state index >= 15 is 0 Å². The zero-order valence-electron chi connectivity index (χ0n) is 24.4. The van der Waals surface area contributed by atoms with E-state index in [1.807, 2.05) is 11.3 Å². The standard InChI is InChI=1S/C41H30N2S/c1-25-35(24-38(42)26-18-20-32-30-12-3-2-10-28(30)29-11-4-5-13-31(29)36(32)22-26)37-23-27(19-21-41(37)44-25)43-39-16-8-6-14-33(39)34-15-7-9-17-40(34)43/h2-24,33,39H,42H2,1H3/b38-24-. The van der Waals surface area contributed by atoms with Gasteiger partial charge in [-0.05, 0) is 92.3 Å². The van der Waals surface area contributed by atoms with Crippen molar-refractivity contribution in [2.24, 2.45) is 5.73 Å². The molecular formula is C41H30N2S. The fraction of sp³-hybridized carbons (Fsp3) is 0.0732. The first-order valence-electron chi connectivity index (χ1n) is 15.2. The summed E-state index contributed by atoms with van der Waals surface area (Å²) >= 11 is 1.84. The predicted molar refractivity (Wildman–Crippen MR) is 191 cm³/mol. The average molecular weight is 583 g/mol. The lowest BCUT2D eigenvalue weighted by Crippen LogP contribution is -2.28. The van der Waals surface area contributed by atoms with E-state index < -0.39 is 0 Å². The van der Waals surface area contributed by atoms with Crippen LogP contribution in [-0.2, 0) is 0 Å². The van der Waals surface area contributed by atoms with Crippen LogP contribution in [0, 0.1) is 6.92 Å². The minimum absolute atomic E-state index is 0.280. The summed E-state index contributed by atoms with van der Waals surface area (Å²) in [6.45, 7) is 2.21. The van der Waals surface area contributed by atoms with Crippen LogP contribution in [0.3, 0.4) is 0 Å². The molecule has 2 N–H and O–H groups in total. The number of fused-ring (bicyclic) bond motifs is 10. The summed E-state index contributed by atoms with van der Waals surface area (Å²) in [4.78, 5) is 3.78. The summed E-state index contributed by atoms with van der Waals surface area (Å²) in [6.07, 6.45) is 11.2. The van der Waals surface area contributed by atoms with Gasteiger partial charge in [-0.25, -0.2) is 0 Å². The van der Waals surface area contributed by atoms with E-state index in [9.17, 15) is 0 Å². The second-order valence-corrected chi connectivity index (χ2v) is 13.2. The minimum atomic E-state index is 0.280. The number of thiophene rings is 1. The molecule has 2 aliphatic rings. The molecule has 2 atom stereocenters. The van der Waals surface area contributed by atoms with Gasteiger partial charge in [-0.1, -0.05) is 103 Å². The van der Waals surface area contributed by atoms with Crippen molar-refractivity contribution in [3.8, 4) is 0 Å². The Morgan fingerprint density at radius 2 is 1.34 bits per heavy atom. The van der Waals surface area contributed by atoms with Gasteiger partial charge in [0.25, 0.3) is 0 Å². The topological polar surface area (TPSA) is 29.3 Å². The van der Waals surface area contributed by atoms with E-state index in [2.05, 4.69) is 151 Å². The minimum Gasteiger partial charge on any atom is -0.398 e. The van der Waals surface area contributed by atoms with E-state index in [0.29, 0.717) is 5.92 Å². The number of nitrogens with two attached hydrogens (primary N) is 1. The van der Waals surface area contributed by atoms with Gasteiger partial charge in [-0.2, -0.15) is 0 Å². The Kier molecular flexibility index (Phi) is 5.60. The van der Waals surface area contributed by atoms with Crippen molar-refractivity contribution >= 4 is 76.9 Å². The van der Waals surface area contributed by atoms with Gasteiger partial charge in [0.2, 0.25) is 0 Å². The Bertz CT molecular complexity index is 2350. The van der Waals surface area contributed by atoms with Crippen molar-refractivity contribution in [1.29, 1.82) is 0 Å². The maximum absolute atomic E-state index is 6.94. The Balaban J connectivity index is 1.18. The van der Waals surface area contributed by atoms with E-state index in [-0.39, 0.29) is 6.04 Å². The van der Waals surface area contributed by atoms with Gasteiger partial charge in [0.05, 0.1) is 6.04 Å². The third-order valence-electron chi connectivity index (χ3n) is 9.51. The number of aryl methyl sites for hydroxylation is 1. The lowest BCUT2D eigenvalue weighted by atomic mass is 9.91. The largest absolute Gasteiger partial charge is 0.398 e. The summed E-state index contributed by atoms with van der Waals surface area (Å²) < 4.78 is 1.28. The first-order valence-corrected chi connectivity index (χ1v) is 16.0. The highest BCUT2D eigenvalue weighted by atomic mass is 32.1. The monoisotopic (exact) mass is 582 g/mol. The maximum Gasteiger partial charge on any atom is 0.0629 e. The molecule has 7 aromatic rings. The summed E-state index contributed by atoms with van der Waals surface area (Å²) in [7, 11) is 0. The highest BCUT2D eigenvalue weighted by Gasteiger charge is 2.37. The summed E-state index contributed by atoms with van der Waals surface area (Å²) in [6, 6.07) is 40.1. The van der Waals surface area contributed by atoms with E-state index in [1.54, 1.807) is 0 Å². The molecule has 0 fully saturated rings. The van der Waals surface area contributed by atoms with Crippen LogP contribution in [0.15, 0.2) is 133 Å². The molecule has 3 heteroatoms. The number of benzene rings is 6. The van der Waals surface area contributed by atoms with Crippen LogP contribution < -0.4 is 10.6 Å². The Labute approximate surface area is 260 Å². The number of hydrogen-bond donors (Lipinski definition) is 1. The first kappa shape index (κ1) is 25.4. The van der Waals surface area contributed by atoms with Gasteiger partial charge in [-0.3, -0.25) is 0 Å². The molecule has 2 unspecified atom stereocenters. The van der Waals surface area contributed by atoms with Crippen molar-refractivity contribution in [3.05, 3.63) is 155 Å². The van der Waals surface area contributed by atoms with Gasteiger partial charge >= 0.3 is 0 Å². The van der Waals surface area contributed by atoms with Crippen molar-refractivity contribution < 1.29 is 0 Å². The molecule has 2 heterocycles. The molecule has 44 heavy (non-hydrogen) atoms. The molecule has 0 spiro atoms. The molecule has 6 aromatic carbocycles. The SMILES string of the molecule is Cc1sc2ccc(N3c4ccccc4C4C=CC=CC43)cc2c1/C=C(\N)c1ccc2c3ccccc3c3ccccc3c2c1. The number of nitrogens with zero attached hydrogens (tertiary/aromatic N) is 1. The van der Waals surface area contributed by atoms with Crippen LogP contribution in [0.1, 0.15) is 27.5 Å². The van der Waals surface area contributed by atoms with Gasteiger partial charge < -0.3 is 10.6 Å². The summed E-state index contributed by atoms with van der Waals surface area (Å²) in [5.74, 6) is 0.368. The van der Waals surface area contributed by atoms with Gasteiger partial charge in [0, 0.05) is 38.0 Å². The second kappa shape index (κ2) is 9.70. The van der Waals surface area contributed by atoms with Crippen LogP contribution in [0.2, 0.25) is 0 Å². The van der Waals surface area contributed by atoms with Crippen LogP contribution in [0.4, 0.5) is 11.4 Å². The van der Waals surface area contributed by atoms with Gasteiger partial charge in [0.1, 0.15) is 0 Å². The number of para-hydroxylation sites is 1. The van der Waals surface area contributed by atoms with Gasteiger partial charge in [-0.15, -0.1) is 11.3 Å². The molecule has 0 saturated carbocycles. The summed E-state index contributed by atoms with van der Waals surface area (Å²) in [5.41, 5.74) is 13.9. The van der Waals surface area contributed by atoms with Crippen molar-refractivity contribution in [2.45, 2.75) is 18.9 Å². The molecule has 2 nitrogen and oxygen atoms in total. The van der Waals surface area contributed by atoms with E-state index in [1.165, 1.54) is 69.8 Å². The molecular weight excluding hydrogens is 553 g/mol. The molecule has 210 valence electrons. The van der Waals surface area contributed by atoms with Gasteiger partial charge in [0.15, 0.2) is 0 Å². The fourth-order valence-corrected chi connectivity index (χ4v) is 8.50. The quantitative estimate of drug-likeness (QED) is 0.210. The second-order valence-electron chi connectivity index (χ2n) is 11.9. The molecule has 0 amide bonds. The Hall–Kier alpha value is -5.12. The predicted octanol–water partition coefficient (Wildman–Crippen LogP) is 10.9. The molecule has 0 bridgehead atoms. The van der Waals surface area contributed by atoms with Crippen LogP contribution in [0.25, 0.3) is 54.2 Å². The highest BCUT2D eigenvalue weighted by molar-refractivity contribution is 7.19. The zero-order valence-corrected chi connectivity index (χ0v) is 25.2.